The first kappa shape index (κ1) is 21.7. The summed E-state index contributed by atoms with van der Waals surface area (Å²) in [5.41, 5.74) is 4.88. The van der Waals surface area contributed by atoms with Crippen molar-refractivity contribution in [3.63, 3.8) is 0 Å². The summed E-state index contributed by atoms with van der Waals surface area (Å²) in [6.45, 7) is 6.27. The summed E-state index contributed by atoms with van der Waals surface area (Å²) in [6, 6.07) is 8.09. The van der Waals surface area contributed by atoms with Crippen molar-refractivity contribution in [1.29, 1.82) is 0 Å². The fourth-order valence-corrected chi connectivity index (χ4v) is 4.56. The van der Waals surface area contributed by atoms with Gasteiger partial charge in [0.15, 0.2) is 0 Å². The normalized spacial score (nSPS) is 13.8. The molecular formula is C22H24BrF2N5O. The number of aromatic nitrogens is 4. The van der Waals surface area contributed by atoms with Gasteiger partial charge < -0.3 is 5.32 Å². The highest BCUT2D eigenvalue weighted by Gasteiger charge is 2.34. The molecule has 9 heteroatoms. The number of amides is 1. The Hall–Kier alpha value is -2.55. The number of hydrogen-bond acceptors (Lipinski definition) is 3. The fourth-order valence-electron chi connectivity index (χ4n) is 3.77. The van der Waals surface area contributed by atoms with Crippen LogP contribution in [0.2, 0.25) is 0 Å². The van der Waals surface area contributed by atoms with Gasteiger partial charge in [-0.25, -0.2) is 8.78 Å². The lowest BCUT2D eigenvalue weighted by atomic mass is 10.1. The van der Waals surface area contributed by atoms with Crippen LogP contribution in [0.4, 0.5) is 14.5 Å². The third kappa shape index (κ3) is 4.42. The number of benzene rings is 1. The summed E-state index contributed by atoms with van der Waals surface area (Å²) in [5, 5.41) is 11.5. The first-order valence-corrected chi connectivity index (χ1v) is 11.0. The van der Waals surface area contributed by atoms with E-state index in [-0.39, 0.29) is 24.1 Å². The van der Waals surface area contributed by atoms with Crippen LogP contribution in [0.25, 0.3) is 0 Å². The molecule has 1 amide bonds. The zero-order chi connectivity index (χ0) is 22.3. The molecule has 1 N–H and O–H groups in total. The summed E-state index contributed by atoms with van der Waals surface area (Å²) in [5.74, 6) is -0.151. The van der Waals surface area contributed by atoms with Gasteiger partial charge in [-0.05, 0) is 60.7 Å². The molecule has 164 valence electrons. The Bertz CT molecular complexity index is 1130. The molecule has 2 heterocycles. The lowest BCUT2D eigenvalue weighted by Gasteiger charge is -2.10. The molecule has 1 saturated carbocycles. The number of nitrogens with one attached hydrogen (secondary N) is 1. The molecular weight excluding hydrogens is 468 g/mol. The van der Waals surface area contributed by atoms with Crippen LogP contribution in [0, 0.1) is 20.8 Å². The molecule has 1 aliphatic carbocycles. The first-order chi connectivity index (χ1) is 14.8. The molecule has 0 aliphatic heterocycles. The van der Waals surface area contributed by atoms with Crippen LogP contribution in [-0.2, 0) is 17.9 Å². The Balaban J connectivity index is 1.53. The van der Waals surface area contributed by atoms with E-state index in [2.05, 4.69) is 50.5 Å². The number of aryl methyl sites for hydroxylation is 2. The van der Waals surface area contributed by atoms with E-state index < -0.39 is 6.43 Å². The minimum atomic E-state index is -2.69. The average Bonchev–Trinajstić information content (AvgIpc) is 3.44. The number of nitrogens with zero attached hydrogens (tertiary/aromatic N) is 4. The SMILES string of the molecule is Cc1ccccc1Cn1nc(C)c(NC(=O)Cn2nc(C(F)F)c(Br)c2C2CC2)c1C. The van der Waals surface area contributed by atoms with Crippen molar-refractivity contribution in [2.45, 2.75) is 59.0 Å². The zero-order valence-electron chi connectivity index (χ0n) is 17.6. The lowest BCUT2D eigenvalue weighted by molar-refractivity contribution is -0.117. The minimum absolute atomic E-state index is 0.126. The van der Waals surface area contributed by atoms with E-state index in [9.17, 15) is 13.6 Å². The van der Waals surface area contributed by atoms with Crippen molar-refractivity contribution < 1.29 is 13.6 Å². The van der Waals surface area contributed by atoms with Gasteiger partial charge in [0, 0.05) is 5.92 Å². The van der Waals surface area contributed by atoms with E-state index in [0.29, 0.717) is 28.1 Å². The van der Waals surface area contributed by atoms with Crippen molar-refractivity contribution in [3.8, 4) is 0 Å². The highest BCUT2D eigenvalue weighted by molar-refractivity contribution is 9.10. The Morgan fingerprint density at radius 3 is 2.55 bits per heavy atom. The maximum Gasteiger partial charge on any atom is 0.283 e. The predicted octanol–water partition coefficient (Wildman–Crippen LogP) is 5.27. The molecule has 1 aliphatic rings. The fraction of sp³-hybridized carbons (Fsp3) is 0.409. The number of halogens is 3. The Morgan fingerprint density at radius 1 is 1.19 bits per heavy atom. The number of carbonyl (C=O) groups is 1. The second-order valence-corrected chi connectivity index (χ2v) is 8.79. The molecule has 3 aromatic rings. The molecule has 0 atom stereocenters. The summed E-state index contributed by atoms with van der Waals surface area (Å²) < 4.78 is 30.2. The summed E-state index contributed by atoms with van der Waals surface area (Å²) >= 11 is 3.26. The van der Waals surface area contributed by atoms with Gasteiger partial charge in [-0.15, -0.1) is 0 Å². The number of carbonyl (C=O) groups excluding carboxylic acids is 1. The van der Waals surface area contributed by atoms with Gasteiger partial charge in [0.25, 0.3) is 6.43 Å². The minimum Gasteiger partial charge on any atom is -0.321 e. The van der Waals surface area contributed by atoms with Gasteiger partial charge in [0.05, 0.1) is 33.8 Å². The van der Waals surface area contributed by atoms with E-state index in [4.69, 9.17) is 0 Å². The molecule has 0 unspecified atom stereocenters. The van der Waals surface area contributed by atoms with Crippen molar-refractivity contribution in [3.05, 3.63) is 62.6 Å². The van der Waals surface area contributed by atoms with Gasteiger partial charge in [-0.1, -0.05) is 24.3 Å². The highest BCUT2D eigenvalue weighted by atomic mass is 79.9. The van der Waals surface area contributed by atoms with E-state index in [1.54, 1.807) is 0 Å². The Kier molecular flexibility index (Phi) is 5.96. The Morgan fingerprint density at radius 2 is 1.90 bits per heavy atom. The molecule has 1 fully saturated rings. The third-order valence-corrected chi connectivity index (χ3v) is 6.46. The molecule has 6 nitrogen and oxygen atoms in total. The van der Waals surface area contributed by atoms with Crippen LogP contribution in [0.1, 0.15) is 59.1 Å². The van der Waals surface area contributed by atoms with E-state index in [1.807, 2.05) is 30.7 Å². The van der Waals surface area contributed by atoms with Crippen LogP contribution in [-0.4, -0.2) is 25.5 Å². The molecule has 4 rings (SSSR count). The standard InChI is InChI=1S/C22H24BrF2N5O/c1-12-6-4-5-7-16(12)10-29-14(3)19(13(2)27-29)26-17(31)11-30-21(15-8-9-15)18(23)20(28-30)22(24)25/h4-7,15,22H,8-11H2,1-3H3,(H,26,31). The molecule has 2 aromatic heterocycles. The molecule has 0 bridgehead atoms. The monoisotopic (exact) mass is 491 g/mol. The van der Waals surface area contributed by atoms with E-state index >= 15 is 0 Å². The van der Waals surface area contributed by atoms with Crippen molar-refractivity contribution in [1.82, 2.24) is 19.6 Å². The topological polar surface area (TPSA) is 64.7 Å². The van der Waals surface area contributed by atoms with E-state index in [1.165, 1.54) is 10.2 Å². The second kappa shape index (κ2) is 8.53. The number of anilines is 1. The third-order valence-electron chi connectivity index (χ3n) is 5.65. The van der Waals surface area contributed by atoms with Gasteiger partial charge in [0.1, 0.15) is 12.2 Å². The second-order valence-electron chi connectivity index (χ2n) is 8.00. The Labute approximate surface area is 187 Å². The molecule has 1 aromatic carbocycles. The van der Waals surface area contributed by atoms with Crippen LogP contribution in [0.15, 0.2) is 28.7 Å². The molecule has 31 heavy (non-hydrogen) atoms. The average molecular weight is 492 g/mol. The molecule has 0 spiro atoms. The van der Waals surface area contributed by atoms with Gasteiger partial charge >= 0.3 is 0 Å². The van der Waals surface area contributed by atoms with Crippen LogP contribution >= 0.6 is 15.9 Å². The van der Waals surface area contributed by atoms with Gasteiger partial charge in [0.2, 0.25) is 5.91 Å². The predicted molar refractivity (Wildman–Crippen MR) is 117 cm³/mol. The summed E-state index contributed by atoms with van der Waals surface area (Å²) in [4.78, 5) is 12.8. The van der Waals surface area contributed by atoms with Crippen molar-refractivity contribution >= 4 is 27.5 Å². The number of alkyl halides is 2. The highest BCUT2D eigenvalue weighted by Crippen LogP contribution is 2.45. The number of hydrogen-bond donors (Lipinski definition) is 1. The van der Waals surface area contributed by atoms with Gasteiger partial charge in [-0.2, -0.15) is 10.2 Å². The summed E-state index contributed by atoms with van der Waals surface area (Å²) in [6.07, 6.45) is -0.864. The maximum atomic E-state index is 13.3. The smallest absolute Gasteiger partial charge is 0.283 e. The zero-order valence-corrected chi connectivity index (χ0v) is 19.2. The maximum absolute atomic E-state index is 13.3. The van der Waals surface area contributed by atoms with E-state index in [0.717, 1.165) is 24.1 Å². The lowest BCUT2D eigenvalue weighted by Crippen LogP contribution is -2.21. The van der Waals surface area contributed by atoms with Crippen LogP contribution < -0.4 is 5.32 Å². The van der Waals surface area contributed by atoms with Crippen molar-refractivity contribution in [2.24, 2.45) is 0 Å². The largest absolute Gasteiger partial charge is 0.321 e. The first-order valence-electron chi connectivity index (χ1n) is 10.2. The molecule has 0 saturated heterocycles. The van der Waals surface area contributed by atoms with Crippen molar-refractivity contribution in [2.75, 3.05) is 5.32 Å². The summed E-state index contributed by atoms with van der Waals surface area (Å²) in [7, 11) is 0. The molecule has 0 radical (unpaired) electrons. The van der Waals surface area contributed by atoms with Crippen LogP contribution in [0.5, 0.6) is 0 Å². The van der Waals surface area contributed by atoms with Gasteiger partial charge in [-0.3, -0.25) is 14.2 Å². The van der Waals surface area contributed by atoms with Crippen LogP contribution in [0.3, 0.4) is 0 Å². The quantitative estimate of drug-likeness (QED) is 0.489. The number of rotatable bonds is 7.